The van der Waals surface area contributed by atoms with E-state index in [2.05, 4.69) is 57.1 Å². The number of rotatable bonds is 8. The van der Waals surface area contributed by atoms with E-state index < -0.39 is 10.0 Å². The maximum absolute atomic E-state index is 12.5. The molecule has 1 aromatic heterocycles. The van der Waals surface area contributed by atoms with Gasteiger partial charge in [-0.3, -0.25) is 4.79 Å². The Morgan fingerprint density at radius 1 is 1.09 bits per heavy atom. The fourth-order valence-electron chi connectivity index (χ4n) is 4.34. The number of nitrogens with two attached hydrogens (primary N) is 1. The predicted molar refractivity (Wildman–Crippen MR) is 136 cm³/mol. The molecule has 34 heavy (non-hydrogen) atoms. The molecule has 1 amide bonds. The molecule has 0 aliphatic heterocycles. The number of nitrogens with zero attached hydrogens (tertiary/aromatic N) is 2. The third-order valence-electron chi connectivity index (χ3n) is 6.28. The van der Waals surface area contributed by atoms with Gasteiger partial charge in [0.1, 0.15) is 5.82 Å². The van der Waals surface area contributed by atoms with Gasteiger partial charge in [0.2, 0.25) is 15.9 Å². The van der Waals surface area contributed by atoms with Crippen molar-refractivity contribution in [3.63, 3.8) is 0 Å². The van der Waals surface area contributed by atoms with Crippen molar-refractivity contribution in [1.29, 1.82) is 0 Å². The number of primary sulfonamides is 1. The van der Waals surface area contributed by atoms with E-state index in [1.165, 1.54) is 34.4 Å². The summed E-state index contributed by atoms with van der Waals surface area (Å²) in [6, 6.07) is 9.18. The van der Waals surface area contributed by atoms with Gasteiger partial charge in [0.25, 0.3) is 0 Å². The van der Waals surface area contributed by atoms with E-state index >= 15 is 0 Å². The molecular weight excluding hydrogens is 448 g/mol. The minimum atomic E-state index is -3.79. The van der Waals surface area contributed by atoms with Crippen molar-refractivity contribution in [1.82, 2.24) is 14.9 Å². The molecule has 0 aliphatic carbocycles. The molecule has 0 aliphatic rings. The molecule has 0 unspecified atom stereocenters. The highest BCUT2D eigenvalue weighted by Gasteiger charge is 2.17. The quantitative estimate of drug-likeness (QED) is 0.505. The fourth-order valence-corrected chi connectivity index (χ4v) is 4.88. The minimum absolute atomic E-state index is 0.0263. The Morgan fingerprint density at radius 3 is 2.29 bits per heavy atom. The first-order valence-corrected chi connectivity index (χ1v) is 13.2. The van der Waals surface area contributed by atoms with Gasteiger partial charge in [-0.2, -0.15) is 0 Å². The number of carbonyl (C=O) groups is 1. The summed E-state index contributed by atoms with van der Waals surface area (Å²) in [4.78, 5) is 17.1. The molecule has 1 heterocycles. The average molecular weight is 485 g/mol. The number of aryl methyl sites for hydroxylation is 4. The van der Waals surface area contributed by atoms with Crippen LogP contribution in [0.25, 0.3) is 11.0 Å². The lowest BCUT2D eigenvalue weighted by Crippen LogP contribution is -2.26. The van der Waals surface area contributed by atoms with Crippen molar-refractivity contribution in [2.45, 2.75) is 77.7 Å². The number of sulfonamides is 1. The zero-order valence-corrected chi connectivity index (χ0v) is 21.8. The van der Waals surface area contributed by atoms with Crippen LogP contribution in [0.4, 0.5) is 0 Å². The Kier molecular flexibility index (Phi) is 7.53. The largest absolute Gasteiger partial charge is 0.356 e. The third-order valence-corrected chi connectivity index (χ3v) is 7.19. The molecule has 3 rings (SSSR count). The number of nitrogens with one attached hydrogen (secondary N) is 1. The fraction of sp³-hybridized carbons (Fsp3) is 0.462. The van der Waals surface area contributed by atoms with Crippen molar-refractivity contribution in [3.8, 4) is 0 Å². The second kappa shape index (κ2) is 9.88. The first kappa shape index (κ1) is 25.9. The second-order valence-electron chi connectivity index (χ2n) is 9.91. The van der Waals surface area contributed by atoms with Gasteiger partial charge in [0.15, 0.2) is 0 Å². The van der Waals surface area contributed by atoms with E-state index in [4.69, 9.17) is 5.14 Å². The monoisotopic (exact) mass is 484 g/mol. The van der Waals surface area contributed by atoms with Crippen LogP contribution in [0.15, 0.2) is 35.2 Å². The molecule has 2 aromatic carbocycles. The van der Waals surface area contributed by atoms with E-state index in [0.29, 0.717) is 31.4 Å². The Bertz CT molecular complexity index is 1290. The Hall–Kier alpha value is -2.71. The van der Waals surface area contributed by atoms with Crippen LogP contribution in [0, 0.1) is 13.8 Å². The number of aromatic nitrogens is 2. The molecule has 184 valence electrons. The van der Waals surface area contributed by atoms with Gasteiger partial charge in [-0.05, 0) is 73.1 Å². The van der Waals surface area contributed by atoms with Crippen molar-refractivity contribution < 1.29 is 13.2 Å². The molecule has 8 heteroatoms. The maximum Gasteiger partial charge on any atom is 0.238 e. The molecule has 7 nitrogen and oxygen atoms in total. The van der Waals surface area contributed by atoms with Crippen molar-refractivity contribution in [2.75, 3.05) is 6.54 Å². The van der Waals surface area contributed by atoms with Crippen molar-refractivity contribution in [2.24, 2.45) is 5.14 Å². The lowest BCUT2D eigenvalue weighted by atomic mass is 9.83. The minimum Gasteiger partial charge on any atom is -0.356 e. The average Bonchev–Trinajstić information content (AvgIpc) is 3.09. The number of imidazole rings is 1. The summed E-state index contributed by atoms with van der Waals surface area (Å²) in [7, 11) is -3.79. The molecule has 0 saturated heterocycles. The smallest absolute Gasteiger partial charge is 0.238 e. The van der Waals surface area contributed by atoms with Crippen LogP contribution >= 0.6 is 0 Å². The summed E-state index contributed by atoms with van der Waals surface area (Å²) in [5.74, 6) is 0.727. The van der Waals surface area contributed by atoms with Crippen LogP contribution in [0.2, 0.25) is 0 Å². The predicted octanol–water partition coefficient (Wildman–Crippen LogP) is 3.91. The van der Waals surface area contributed by atoms with Crippen LogP contribution < -0.4 is 10.5 Å². The van der Waals surface area contributed by atoms with Crippen LogP contribution in [0.1, 0.15) is 62.2 Å². The van der Waals surface area contributed by atoms with E-state index in [1.807, 2.05) is 11.5 Å². The number of hydrogen-bond acceptors (Lipinski definition) is 4. The highest BCUT2D eigenvalue weighted by Crippen LogP contribution is 2.27. The SMILES string of the molecule is CCn1c(CCC(=O)NCCc2c(C)cc(C(C)(C)C)cc2C)nc2cc(S(N)(=O)=O)ccc21. The zero-order chi connectivity index (χ0) is 25.3. The first-order valence-electron chi connectivity index (χ1n) is 11.7. The highest BCUT2D eigenvalue weighted by atomic mass is 32.2. The summed E-state index contributed by atoms with van der Waals surface area (Å²) < 4.78 is 25.3. The number of fused-ring (bicyclic) bond motifs is 1. The van der Waals surface area contributed by atoms with Crippen LogP contribution in [0.5, 0.6) is 0 Å². The summed E-state index contributed by atoms with van der Waals surface area (Å²) in [5.41, 5.74) is 6.63. The third kappa shape index (κ3) is 5.85. The van der Waals surface area contributed by atoms with Gasteiger partial charge in [-0.25, -0.2) is 18.5 Å². The Morgan fingerprint density at radius 2 is 1.74 bits per heavy atom. The molecule has 3 aromatic rings. The molecule has 0 atom stereocenters. The molecule has 0 spiro atoms. The molecule has 3 N–H and O–H groups in total. The van der Waals surface area contributed by atoms with Gasteiger partial charge in [-0.1, -0.05) is 32.9 Å². The highest BCUT2D eigenvalue weighted by molar-refractivity contribution is 7.89. The summed E-state index contributed by atoms with van der Waals surface area (Å²) in [5, 5.41) is 8.27. The summed E-state index contributed by atoms with van der Waals surface area (Å²) >= 11 is 0. The second-order valence-corrected chi connectivity index (χ2v) is 11.5. The van der Waals surface area contributed by atoms with Crippen molar-refractivity contribution in [3.05, 3.63) is 58.4 Å². The van der Waals surface area contributed by atoms with Gasteiger partial charge < -0.3 is 9.88 Å². The first-order chi connectivity index (χ1) is 15.8. The zero-order valence-electron chi connectivity index (χ0n) is 21.0. The van der Waals surface area contributed by atoms with Crippen LogP contribution in [-0.4, -0.2) is 30.4 Å². The maximum atomic E-state index is 12.5. The van der Waals surface area contributed by atoms with Gasteiger partial charge in [-0.15, -0.1) is 0 Å². The normalized spacial score (nSPS) is 12.3. The van der Waals surface area contributed by atoms with Crippen molar-refractivity contribution >= 4 is 27.0 Å². The lowest BCUT2D eigenvalue weighted by molar-refractivity contribution is -0.121. The summed E-state index contributed by atoms with van der Waals surface area (Å²) in [6.07, 6.45) is 1.57. The number of benzene rings is 2. The standard InChI is InChI=1S/C26H36N4O3S/c1-7-30-23-9-8-20(34(27,32)33)16-22(23)29-24(30)10-11-25(31)28-13-12-21-17(2)14-19(15-18(21)3)26(4,5)6/h8-9,14-16H,7,10-13H2,1-6H3,(H,28,31)(H2,27,32,33). The molecule has 0 bridgehead atoms. The topological polar surface area (TPSA) is 107 Å². The molecular formula is C26H36N4O3S. The molecule has 0 radical (unpaired) electrons. The van der Waals surface area contributed by atoms with Crippen LogP contribution in [0.3, 0.4) is 0 Å². The summed E-state index contributed by atoms with van der Waals surface area (Å²) in [6.45, 7) is 14.2. The number of carbonyl (C=O) groups excluding carboxylic acids is 1. The number of amides is 1. The van der Waals surface area contributed by atoms with E-state index in [-0.39, 0.29) is 16.2 Å². The number of hydrogen-bond donors (Lipinski definition) is 2. The van der Waals surface area contributed by atoms with Gasteiger partial charge in [0, 0.05) is 25.9 Å². The van der Waals surface area contributed by atoms with Crippen LogP contribution in [-0.2, 0) is 39.6 Å². The van der Waals surface area contributed by atoms with E-state index in [9.17, 15) is 13.2 Å². The molecule has 0 fully saturated rings. The van der Waals surface area contributed by atoms with Gasteiger partial charge in [0.05, 0.1) is 15.9 Å². The van der Waals surface area contributed by atoms with E-state index in [1.54, 1.807) is 6.07 Å². The Balaban J connectivity index is 1.62. The Labute approximate surface area is 202 Å². The molecule has 0 saturated carbocycles. The lowest BCUT2D eigenvalue weighted by Gasteiger charge is -2.22. The van der Waals surface area contributed by atoms with E-state index in [0.717, 1.165) is 17.8 Å². The van der Waals surface area contributed by atoms with Gasteiger partial charge >= 0.3 is 0 Å².